The predicted octanol–water partition coefficient (Wildman–Crippen LogP) is 4.77. The molecule has 7 heteroatoms. The highest BCUT2D eigenvalue weighted by atomic mass is 35.5. The smallest absolute Gasteiger partial charge is 0.337 e. The van der Waals surface area contributed by atoms with E-state index in [4.69, 9.17) is 21.1 Å². The number of nitrogens with zero attached hydrogens (tertiary/aromatic N) is 1. The maximum Gasteiger partial charge on any atom is 0.337 e. The van der Waals surface area contributed by atoms with E-state index in [2.05, 4.69) is 10.2 Å². The molecule has 1 heterocycles. The molecule has 1 aliphatic rings. The van der Waals surface area contributed by atoms with Crippen LogP contribution < -0.4 is 10.1 Å². The van der Waals surface area contributed by atoms with E-state index in [0.29, 0.717) is 34.4 Å². The molecule has 0 bridgehead atoms. The summed E-state index contributed by atoms with van der Waals surface area (Å²) in [5.41, 5.74) is 2.32. The quantitative estimate of drug-likeness (QED) is 0.594. The van der Waals surface area contributed by atoms with Crippen LogP contribution in [-0.4, -0.2) is 44.1 Å². The van der Waals surface area contributed by atoms with Crippen LogP contribution in [0, 0.1) is 5.92 Å². The average molecular weight is 445 g/mol. The molecule has 166 valence electrons. The number of hydrogen-bond acceptors (Lipinski definition) is 5. The Balaban J connectivity index is 1.48. The SMILES string of the molecule is COC(=O)c1ccc(CN2CCCC(CCC(=O)Nc3cc(Cl)ccc3OC)C2)cc1. The molecule has 1 unspecified atom stereocenters. The molecule has 3 rings (SSSR count). The molecule has 6 nitrogen and oxygen atoms in total. The first-order chi connectivity index (χ1) is 15.0. The molecular weight excluding hydrogens is 416 g/mol. The lowest BCUT2D eigenvalue weighted by Crippen LogP contribution is -2.35. The van der Waals surface area contributed by atoms with Crippen molar-refractivity contribution in [1.82, 2.24) is 4.90 Å². The van der Waals surface area contributed by atoms with Gasteiger partial charge in [-0.25, -0.2) is 4.79 Å². The third kappa shape index (κ3) is 6.71. The molecule has 31 heavy (non-hydrogen) atoms. The van der Waals surface area contributed by atoms with Crippen LogP contribution in [0.5, 0.6) is 5.75 Å². The van der Waals surface area contributed by atoms with Gasteiger partial charge in [0.2, 0.25) is 5.91 Å². The molecule has 1 saturated heterocycles. The van der Waals surface area contributed by atoms with Crippen LogP contribution in [0.15, 0.2) is 42.5 Å². The van der Waals surface area contributed by atoms with Gasteiger partial charge in [0.15, 0.2) is 0 Å². The van der Waals surface area contributed by atoms with Gasteiger partial charge in [-0.2, -0.15) is 0 Å². The Labute approximate surface area is 188 Å². The number of carbonyl (C=O) groups excluding carboxylic acids is 2. The second-order valence-corrected chi connectivity index (χ2v) is 8.30. The van der Waals surface area contributed by atoms with Crippen molar-refractivity contribution in [2.75, 3.05) is 32.6 Å². The van der Waals surface area contributed by atoms with Gasteiger partial charge in [-0.05, 0) is 67.6 Å². The summed E-state index contributed by atoms with van der Waals surface area (Å²) in [6.45, 7) is 2.84. The fourth-order valence-electron chi connectivity index (χ4n) is 3.98. The van der Waals surface area contributed by atoms with E-state index < -0.39 is 0 Å². The van der Waals surface area contributed by atoms with E-state index >= 15 is 0 Å². The number of likely N-dealkylation sites (tertiary alicyclic amines) is 1. The highest BCUT2D eigenvalue weighted by Gasteiger charge is 2.21. The lowest BCUT2D eigenvalue weighted by Gasteiger charge is -2.32. The van der Waals surface area contributed by atoms with E-state index in [1.165, 1.54) is 12.7 Å². The highest BCUT2D eigenvalue weighted by molar-refractivity contribution is 6.31. The number of hydrogen-bond donors (Lipinski definition) is 1. The fraction of sp³-hybridized carbons (Fsp3) is 0.417. The van der Waals surface area contributed by atoms with E-state index in [9.17, 15) is 9.59 Å². The molecule has 0 saturated carbocycles. The number of carbonyl (C=O) groups is 2. The monoisotopic (exact) mass is 444 g/mol. The van der Waals surface area contributed by atoms with Crippen LogP contribution in [0.1, 0.15) is 41.6 Å². The van der Waals surface area contributed by atoms with Crippen LogP contribution in [0.2, 0.25) is 5.02 Å². The van der Waals surface area contributed by atoms with Crippen molar-refractivity contribution in [2.45, 2.75) is 32.2 Å². The number of esters is 1. The van der Waals surface area contributed by atoms with E-state index in [-0.39, 0.29) is 11.9 Å². The average Bonchev–Trinajstić information content (AvgIpc) is 2.78. The first-order valence-corrected chi connectivity index (χ1v) is 10.9. The number of benzene rings is 2. The number of halogens is 1. The lowest BCUT2D eigenvalue weighted by molar-refractivity contribution is -0.116. The lowest BCUT2D eigenvalue weighted by atomic mass is 9.93. The van der Waals surface area contributed by atoms with Gasteiger partial charge in [-0.15, -0.1) is 0 Å². The first kappa shape index (κ1) is 23.1. The summed E-state index contributed by atoms with van der Waals surface area (Å²) in [6, 6.07) is 12.7. The van der Waals surface area contributed by atoms with Gasteiger partial charge in [0, 0.05) is 24.5 Å². The number of piperidine rings is 1. The van der Waals surface area contributed by atoms with E-state index in [1.54, 1.807) is 37.4 Å². The Bertz CT molecular complexity index is 901. The minimum absolute atomic E-state index is 0.0314. The summed E-state index contributed by atoms with van der Waals surface area (Å²) in [5.74, 6) is 0.726. The van der Waals surface area contributed by atoms with Gasteiger partial charge in [-0.1, -0.05) is 23.7 Å². The van der Waals surface area contributed by atoms with Crippen molar-refractivity contribution in [1.29, 1.82) is 0 Å². The minimum Gasteiger partial charge on any atom is -0.495 e. The van der Waals surface area contributed by atoms with Gasteiger partial charge < -0.3 is 14.8 Å². The molecule has 0 aromatic heterocycles. The number of rotatable bonds is 8. The zero-order valence-electron chi connectivity index (χ0n) is 18.0. The van der Waals surface area contributed by atoms with Gasteiger partial charge in [-0.3, -0.25) is 9.69 Å². The van der Waals surface area contributed by atoms with Crippen LogP contribution in [-0.2, 0) is 16.1 Å². The summed E-state index contributed by atoms with van der Waals surface area (Å²) >= 11 is 6.03. The summed E-state index contributed by atoms with van der Waals surface area (Å²) in [4.78, 5) is 26.4. The Kier molecular flexibility index (Phi) is 8.32. The zero-order valence-corrected chi connectivity index (χ0v) is 18.8. The second kappa shape index (κ2) is 11.2. The van der Waals surface area contributed by atoms with Crippen molar-refractivity contribution in [2.24, 2.45) is 5.92 Å². The Morgan fingerprint density at radius 2 is 1.94 bits per heavy atom. The molecule has 0 radical (unpaired) electrons. The fourth-order valence-corrected chi connectivity index (χ4v) is 4.15. The molecule has 2 aromatic rings. The number of methoxy groups -OCH3 is 2. The molecule has 1 aliphatic heterocycles. The van der Waals surface area contributed by atoms with Gasteiger partial charge in [0.25, 0.3) is 0 Å². The van der Waals surface area contributed by atoms with Gasteiger partial charge in [0.1, 0.15) is 5.75 Å². The number of amides is 1. The number of anilines is 1. The minimum atomic E-state index is -0.321. The standard InChI is InChI=1S/C24H29ClN2O4/c1-30-22-11-10-20(25)14-21(22)26-23(28)12-7-17-4-3-13-27(15-17)16-18-5-8-19(9-6-18)24(29)31-2/h5-6,8-11,14,17H,3-4,7,12-13,15-16H2,1-2H3,(H,26,28). The van der Waals surface area contributed by atoms with Crippen LogP contribution in [0.25, 0.3) is 0 Å². The second-order valence-electron chi connectivity index (χ2n) is 7.86. The maximum atomic E-state index is 12.5. The topological polar surface area (TPSA) is 67.9 Å². The Hall–Kier alpha value is -2.57. The molecule has 1 fully saturated rings. The number of nitrogens with one attached hydrogen (secondary N) is 1. The Morgan fingerprint density at radius 3 is 2.65 bits per heavy atom. The normalized spacial score (nSPS) is 16.5. The third-order valence-corrected chi connectivity index (χ3v) is 5.83. The third-order valence-electron chi connectivity index (χ3n) is 5.60. The molecule has 1 amide bonds. The van der Waals surface area contributed by atoms with Crippen LogP contribution >= 0.6 is 11.6 Å². The van der Waals surface area contributed by atoms with Crippen molar-refractivity contribution in [3.63, 3.8) is 0 Å². The first-order valence-electron chi connectivity index (χ1n) is 10.5. The molecule has 0 aliphatic carbocycles. The van der Waals surface area contributed by atoms with Crippen LogP contribution in [0.4, 0.5) is 5.69 Å². The molecule has 0 spiro atoms. The summed E-state index contributed by atoms with van der Waals surface area (Å²) < 4.78 is 10.0. The van der Waals surface area contributed by atoms with Crippen molar-refractivity contribution >= 4 is 29.2 Å². The number of ether oxygens (including phenoxy) is 2. The molecular formula is C24H29ClN2O4. The van der Waals surface area contributed by atoms with Crippen molar-refractivity contribution in [3.05, 3.63) is 58.6 Å². The molecule has 1 N–H and O–H groups in total. The van der Waals surface area contributed by atoms with Crippen molar-refractivity contribution < 1.29 is 19.1 Å². The van der Waals surface area contributed by atoms with E-state index in [1.807, 2.05) is 12.1 Å². The zero-order chi connectivity index (χ0) is 22.2. The summed E-state index contributed by atoms with van der Waals surface area (Å²) in [6.07, 6.45) is 3.55. The summed E-state index contributed by atoms with van der Waals surface area (Å²) in [5, 5.41) is 3.47. The Morgan fingerprint density at radius 1 is 1.16 bits per heavy atom. The van der Waals surface area contributed by atoms with Gasteiger partial charge in [0.05, 0.1) is 25.5 Å². The maximum absolute atomic E-state index is 12.5. The van der Waals surface area contributed by atoms with Gasteiger partial charge >= 0.3 is 5.97 Å². The largest absolute Gasteiger partial charge is 0.495 e. The highest BCUT2D eigenvalue weighted by Crippen LogP contribution is 2.28. The van der Waals surface area contributed by atoms with Crippen molar-refractivity contribution in [3.8, 4) is 5.75 Å². The van der Waals surface area contributed by atoms with Crippen LogP contribution in [0.3, 0.4) is 0 Å². The molecule has 2 aromatic carbocycles. The molecule has 1 atom stereocenters. The summed E-state index contributed by atoms with van der Waals surface area (Å²) in [7, 11) is 2.95. The predicted molar refractivity (Wildman–Crippen MR) is 122 cm³/mol. The van der Waals surface area contributed by atoms with E-state index in [0.717, 1.165) is 38.9 Å².